The number of aromatic hydroxyl groups is 1. The Morgan fingerprint density at radius 2 is 2.27 bits per heavy atom. The highest BCUT2D eigenvalue weighted by molar-refractivity contribution is 5.45. The van der Waals surface area contributed by atoms with E-state index in [0.29, 0.717) is 12.5 Å². The van der Waals surface area contributed by atoms with Crippen LogP contribution in [0, 0.1) is 6.92 Å². The Morgan fingerprint density at radius 3 is 3.00 bits per heavy atom. The second-order valence-corrected chi connectivity index (χ2v) is 4.07. The van der Waals surface area contributed by atoms with Crippen molar-refractivity contribution < 1.29 is 9.84 Å². The number of nitrogens with zero attached hydrogens (tertiary/aromatic N) is 1. The van der Waals surface area contributed by atoms with Gasteiger partial charge in [0.05, 0.1) is 0 Å². The SMILES string of the molecule is CCCN1COc2cc(C)c(O)cc2C1. The maximum atomic E-state index is 9.62. The normalized spacial score (nSPS) is 15.9. The molecule has 0 bridgehead atoms. The Bertz CT molecular complexity index is 363. The van der Waals surface area contributed by atoms with Crippen molar-refractivity contribution in [3.63, 3.8) is 0 Å². The van der Waals surface area contributed by atoms with Crippen LogP contribution in [0.1, 0.15) is 24.5 Å². The van der Waals surface area contributed by atoms with E-state index >= 15 is 0 Å². The molecule has 2 rings (SSSR count). The second-order valence-electron chi connectivity index (χ2n) is 4.07. The Morgan fingerprint density at radius 1 is 1.47 bits per heavy atom. The molecule has 0 saturated carbocycles. The maximum absolute atomic E-state index is 9.62. The summed E-state index contributed by atoms with van der Waals surface area (Å²) >= 11 is 0. The Balaban J connectivity index is 2.22. The van der Waals surface area contributed by atoms with E-state index in [0.717, 1.165) is 36.4 Å². The summed E-state index contributed by atoms with van der Waals surface area (Å²) in [6.07, 6.45) is 1.12. The van der Waals surface area contributed by atoms with E-state index < -0.39 is 0 Å². The van der Waals surface area contributed by atoms with E-state index in [1.54, 1.807) is 0 Å². The van der Waals surface area contributed by atoms with Crippen LogP contribution in [0.5, 0.6) is 11.5 Å². The molecule has 0 aromatic heterocycles. The quantitative estimate of drug-likeness (QED) is 0.807. The Kier molecular flexibility index (Phi) is 2.82. The van der Waals surface area contributed by atoms with Gasteiger partial charge in [0.25, 0.3) is 0 Å². The first kappa shape index (κ1) is 10.3. The van der Waals surface area contributed by atoms with Gasteiger partial charge in [-0.2, -0.15) is 0 Å². The van der Waals surface area contributed by atoms with Gasteiger partial charge in [-0.3, -0.25) is 4.90 Å². The third-order valence-corrected chi connectivity index (χ3v) is 2.72. The molecule has 82 valence electrons. The molecule has 1 aromatic rings. The lowest BCUT2D eigenvalue weighted by atomic mass is 10.1. The largest absolute Gasteiger partial charge is 0.508 e. The minimum Gasteiger partial charge on any atom is -0.508 e. The summed E-state index contributed by atoms with van der Waals surface area (Å²) in [5.41, 5.74) is 1.95. The molecular weight excluding hydrogens is 190 g/mol. The van der Waals surface area contributed by atoms with Gasteiger partial charge in [-0.1, -0.05) is 6.92 Å². The van der Waals surface area contributed by atoms with Crippen molar-refractivity contribution in [2.24, 2.45) is 0 Å². The van der Waals surface area contributed by atoms with E-state index in [2.05, 4.69) is 11.8 Å². The molecule has 1 aromatic carbocycles. The summed E-state index contributed by atoms with van der Waals surface area (Å²) < 4.78 is 5.64. The van der Waals surface area contributed by atoms with Crippen LogP contribution in [0.25, 0.3) is 0 Å². The molecule has 3 heteroatoms. The molecule has 0 spiro atoms. The van der Waals surface area contributed by atoms with E-state index in [1.165, 1.54) is 0 Å². The average molecular weight is 207 g/mol. The van der Waals surface area contributed by atoms with Crippen molar-refractivity contribution >= 4 is 0 Å². The molecule has 0 fully saturated rings. The highest BCUT2D eigenvalue weighted by Gasteiger charge is 2.17. The predicted octanol–water partition coefficient (Wildman–Crippen LogP) is 2.26. The minimum atomic E-state index is 0.357. The van der Waals surface area contributed by atoms with Gasteiger partial charge in [0.1, 0.15) is 18.2 Å². The van der Waals surface area contributed by atoms with Gasteiger partial charge in [-0.15, -0.1) is 0 Å². The topological polar surface area (TPSA) is 32.7 Å². The molecule has 0 amide bonds. The average Bonchev–Trinajstić information content (AvgIpc) is 2.21. The van der Waals surface area contributed by atoms with E-state index in [-0.39, 0.29) is 0 Å². The van der Waals surface area contributed by atoms with Crippen molar-refractivity contribution in [1.29, 1.82) is 0 Å². The van der Waals surface area contributed by atoms with Crippen LogP contribution in [-0.2, 0) is 6.54 Å². The van der Waals surface area contributed by atoms with Gasteiger partial charge in [-0.05, 0) is 31.0 Å². The lowest BCUT2D eigenvalue weighted by molar-refractivity contribution is 0.0952. The number of benzene rings is 1. The van der Waals surface area contributed by atoms with Crippen molar-refractivity contribution in [1.82, 2.24) is 4.90 Å². The third kappa shape index (κ3) is 2.07. The van der Waals surface area contributed by atoms with Crippen molar-refractivity contribution in [2.75, 3.05) is 13.3 Å². The number of fused-ring (bicyclic) bond motifs is 1. The summed E-state index contributed by atoms with van der Waals surface area (Å²) in [7, 11) is 0. The van der Waals surface area contributed by atoms with Crippen LogP contribution < -0.4 is 4.74 Å². The molecule has 0 aliphatic carbocycles. The van der Waals surface area contributed by atoms with Crippen molar-refractivity contribution in [3.8, 4) is 11.5 Å². The molecule has 0 radical (unpaired) electrons. The highest BCUT2D eigenvalue weighted by atomic mass is 16.5. The van der Waals surface area contributed by atoms with E-state index in [1.807, 2.05) is 19.1 Å². The van der Waals surface area contributed by atoms with Crippen LogP contribution in [0.3, 0.4) is 0 Å². The van der Waals surface area contributed by atoms with Gasteiger partial charge in [0.15, 0.2) is 0 Å². The fourth-order valence-electron chi connectivity index (χ4n) is 1.88. The zero-order valence-corrected chi connectivity index (χ0v) is 9.29. The number of phenolic OH excluding ortho intramolecular Hbond substituents is 1. The first-order valence-corrected chi connectivity index (χ1v) is 5.38. The number of ether oxygens (including phenoxy) is 1. The number of phenols is 1. The smallest absolute Gasteiger partial charge is 0.142 e. The lowest BCUT2D eigenvalue weighted by Gasteiger charge is -2.28. The van der Waals surface area contributed by atoms with Gasteiger partial charge in [0.2, 0.25) is 0 Å². The summed E-state index contributed by atoms with van der Waals surface area (Å²) in [5, 5.41) is 9.62. The zero-order valence-electron chi connectivity index (χ0n) is 9.29. The first-order chi connectivity index (χ1) is 7.20. The number of rotatable bonds is 2. The molecule has 1 heterocycles. The Hall–Kier alpha value is -1.22. The van der Waals surface area contributed by atoms with Crippen LogP contribution >= 0.6 is 0 Å². The predicted molar refractivity (Wildman–Crippen MR) is 59.0 cm³/mol. The maximum Gasteiger partial charge on any atom is 0.142 e. The van der Waals surface area contributed by atoms with Crippen LogP contribution in [0.15, 0.2) is 12.1 Å². The summed E-state index contributed by atoms with van der Waals surface area (Å²) in [5.74, 6) is 1.27. The fraction of sp³-hybridized carbons (Fsp3) is 0.500. The second kappa shape index (κ2) is 4.11. The minimum absolute atomic E-state index is 0.357. The third-order valence-electron chi connectivity index (χ3n) is 2.72. The number of hydrogen-bond acceptors (Lipinski definition) is 3. The van der Waals surface area contributed by atoms with Crippen LogP contribution in [0.4, 0.5) is 0 Å². The number of hydrogen-bond donors (Lipinski definition) is 1. The van der Waals surface area contributed by atoms with Gasteiger partial charge < -0.3 is 9.84 Å². The molecule has 0 saturated heterocycles. The van der Waals surface area contributed by atoms with Gasteiger partial charge in [0, 0.05) is 18.7 Å². The standard InChI is InChI=1S/C12H17NO2/c1-3-4-13-7-10-6-11(14)9(2)5-12(10)15-8-13/h5-6,14H,3-4,7-8H2,1-2H3. The van der Waals surface area contributed by atoms with E-state index in [9.17, 15) is 5.11 Å². The number of aryl methyl sites for hydroxylation is 1. The highest BCUT2D eigenvalue weighted by Crippen LogP contribution is 2.31. The molecule has 1 aliphatic heterocycles. The van der Waals surface area contributed by atoms with Gasteiger partial charge >= 0.3 is 0 Å². The molecule has 3 nitrogen and oxygen atoms in total. The van der Waals surface area contributed by atoms with Crippen molar-refractivity contribution in [2.45, 2.75) is 26.8 Å². The van der Waals surface area contributed by atoms with Crippen molar-refractivity contribution in [3.05, 3.63) is 23.3 Å². The van der Waals surface area contributed by atoms with E-state index in [4.69, 9.17) is 4.74 Å². The summed E-state index contributed by atoms with van der Waals surface area (Å²) in [6.45, 7) is 6.61. The zero-order chi connectivity index (χ0) is 10.8. The fourth-order valence-corrected chi connectivity index (χ4v) is 1.88. The van der Waals surface area contributed by atoms with Crippen LogP contribution in [-0.4, -0.2) is 23.3 Å². The lowest BCUT2D eigenvalue weighted by Crippen LogP contribution is -2.32. The molecule has 1 N–H and O–H groups in total. The van der Waals surface area contributed by atoms with Crippen LogP contribution in [0.2, 0.25) is 0 Å². The molecule has 1 aliphatic rings. The molecular formula is C12H17NO2. The molecule has 0 atom stereocenters. The molecule has 0 unspecified atom stereocenters. The first-order valence-electron chi connectivity index (χ1n) is 5.38. The molecule has 15 heavy (non-hydrogen) atoms. The summed E-state index contributed by atoms with van der Waals surface area (Å²) in [4.78, 5) is 2.23. The Labute approximate surface area is 90.3 Å². The van der Waals surface area contributed by atoms with Gasteiger partial charge in [-0.25, -0.2) is 0 Å². The monoisotopic (exact) mass is 207 g/mol. The summed E-state index contributed by atoms with van der Waals surface area (Å²) in [6, 6.07) is 3.72.